The lowest BCUT2D eigenvalue weighted by molar-refractivity contribution is 0.474. The summed E-state index contributed by atoms with van der Waals surface area (Å²) in [6.07, 6.45) is 1.70. The molecule has 5 N–H and O–H groups in total. The number of hydrogen-bond acceptors (Lipinski definition) is 5. The fourth-order valence-corrected chi connectivity index (χ4v) is 1.43. The molecule has 0 saturated heterocycles. The molecule has 0 aliphatic carbocycles. The Balaban J connectivity index is 2.06. The van der Waals surface area contributed by atoms with Crippen molar-refractivity contribution in [1.82, 2.24) is 10.6 Å². The minimum Gasteiger partial charge on any atom is -0.507 e. The summed E-state index contributed by atoms with van der Waals surface area (Å²) in [5.74, 6) is 0.264. The molecule has 0 aromatic heterocycles. The van der Waals surface area contributed by atoms with Gasteiger partial charge >= 0.3 is 0 Å². The topological polar surface area (TPSA) is 82.7 Å². The minimum absolute atomic E-state index is 0.264. The second-order valence-corrected chi connectivity index (χ2v) is 3.88. The molecule has 0 amide bonds. The fourth-order valence-electron chi connectivity index (χ4n) is 1.43. The van der Waals surface area contributed by atoms with E-state index in [9.17, 15) is 5.11 Å². The van der Waals surface area contributed by atoms with Crippen LogP contribution in [0.4, 0.5) is 0 Å². The molecule has 1 aromatic carbocycles. The van der Waals surface area contributed by atoms with Crippen molar-refractivity contribution in [2.45, 2.75) is 0 Å². The molecule has 100 valence electrons. The number of phenols is 1. The minimum atomic E-state index is 0.264. The number of nitrogens with zero attached hydrogens (tertiary/aromatic N) is 1. The summed E-state index contributed by atoms with van der Waals surface area (Å²) in [4.78, 5) is 4.25. The number of phenolic OH excluding ortho intramolecular Hbond substituents is 1. The van der Waals surface area contributed by atoms with E-state index in [1.54, 1.807) is 18.3 Å². The summed E-state index contributed by atoms with van der Waals surface area (Å²) in [6.45, 7) is 4.88. The van der Waals surface area contributed by atoms with Gasteiger partial charge in [-0.15, -0.1) is 0 Å². The zero-order valence-corrected chi connectivity index (χ0v) is 10.6. The number of aromatic hydroxyl groups is 1. The molecule has 0 heterocycles. The maximum atomic E-state index is 9.51. The Hall–Kier alpha value is -1.43. The molecule has 0 bridgehead atoms. The zero-order valence-electron chi connectivity index (χ0n) is 10.6. The van der Waals surface area contributed by atoms with Crippen LogP contribution in [0.1, 0.15) is 5.56 Å². The zero-order chi connectivity index (χ0) is 13.1. The molecule has 5 heteroatoms. The number of hydrogen-bond donors (Lipinski definition) is 4. The average Bonchev–Trinajstić information content (AvgIpc) is 2.39. The Morgan fingerprint density at radius 2 is 1.83 bits per heavy atom. The Labute approximate surface area is 108 Å². The van der Waals surface area contributed by atoms with Gasteiger partial charge in [0.2, 0.25) is 0 Å². The van der Waals surface area contributed by atoms with Gasteiger partial charge in [-0.05, 0) is 12.1 Å². The predicted octanol–water partition coefficient (Wildman–Crippen LogP) is -0.0510. The number of aliphatic imine (C=N–C) groups is 1. The van der Waals surface area contributed by atoms with Crippen molar-refractivity contribution in [1.29, 1.82) is 0 Å². The summed E-state index contributed by atoms with van der Waals surface area (Å²) in [6, 6.07) is 7.16. The molecule has 0 unspecified atom stereocenters. The quantitative estimate of drug-likeness (QED) is 0.366. The molecule has 0 spiro atoms. The van der Waals surface area contributed by atoms with Gasteiger partial charge < -0.3 is 21.5 Å². The SMILES string of the molecule is NCCNCCNCCN=Cc1ccccc1O. The molecule has 0 aliphatic heterocycles. The lowest BCUT2D eigenvalue weighted by Crippen LogP contribution is -2.31. The van der Waals surface area contributed by atoms with Crippen molar-refractivity contribution in [3.8, 4) is 5.75 Å². The van der Waals surface area contributed by atoms with Crippen LogP contribution in [0.25, 0.3) is 0 Å². The van der Waals surface area contributed by atoms with E-state index in [1.165, 1.54) is 0 Å². The summed E-state index contributed by atoms with van der Waals surface area (Å²) >= 11 is 0. The van der Waals surface area contributed by atoms with E-state index in [0.29, 0.717) is 13.1 Å². The highest BCUT2D eigenvalue weighted by Gasteiger charge is 1.93. The van der Waals surface area contributed by atoms with Gasteiger partial charge in [-0.1, -0.05) is 12.1 Å². The standard InChI is InChI=1S/C13H22N4O/c14-5-6-15-7-8-16-9-10-17-11-12-3-1-2-4-13(12)18/h1-4,11,15-16,18H,5-10,14H2. The molecule has 0 aliphatic rings. The first-order valence-corrected chi connectivity index (χ1v) is 6.24. The van der Waals surface area contributed by atoms with Crippen LogP contribution < -0.4 is 16.4 Å². The molecule has 1 rings (SSSR count). The van der Waals surface area contributed by atoms with Gasteiger partial charge in [0, 0.05) is 44.5 Å². The monoisotopic (exact) mass is 250 g/mol. The van der Waals surface area contributed by atoms with Crippen molar-refractivity contribution in [3.63, 3.8) is 0 Å². The van der Waals surface area contributed by atoms with Crippen molar-refractivity contribution < 1.29 is 5.11 Å². The van der Waals surface area contributed by atoms with Gasteiger partial charge in [0.1, 0.15) is 5.75 Å². The number of benzene rings is 1. The van der Waals surface area contributed by atoms with Crippen molar-refractivity contribution in [2.75, 3.05) is 39.3 Å². The van der Waals surface area contributed by atoms with Crippen molar-refractivity contribution in [2.24, 2.45) is 10.7 Å². The first-order valence-electron chi connectivity index (χ1n) is 6.24. The maximum absolute atomic E-state index is 9.51. The Morgan fingerprint density at radius 3 is 2.56 bits per heavy atom. The molecule has 0 radical (unpaired) electrons. The average molecular weight is 250 g/mol. The number of rotatable bonds is 9. The van der Waals surface area contributed by atoms with Crippen LogP contribution in [0.15, 0.2) is 29.3 Å². The van der Waals surface area contributed by atoms with Crippen LogP contribution >= 0.6 is 0 Å². The van der Waals surface area contributed by atoms with Crippen LogP contribution in [0.2, 0.25) is 0 Å². The van der Waals surface area contributed by atoms with Gasteiger partial charge in [0.15, 0.2) is 0 Å². The van der Waals surface area contributed by atoms with Gasteiger partial charge in [-0.3, -0.25) is 4.99 Å². The van der Waals surface area contributed by atoms with E-state index in [2.05, 4.69) is 15.6 Å². The van der Waals surface area contributed by atoms with Crippen LogP contribution in [0.5, 0.6) is 5.75 Å². The molecule has 18 heavy (non-hydrogen) atoms. The third kappa shape index (κ3) is 6.34. The highest BCUT2D eigenvalue weighted by molar-refractivity contribution is 5.83. The summed E-state index contributed by atoms with van der Waals surface area (Å²) in [7, 11) is 0. The molecular formula is C13H22N4O. The number of nitrogens with two attached hydrogens (primary N) is 1. The third-order valence-electron chi connectivity index (χ3n) is 2.38. The summed E-state index contributed by atoms with van der Waals surface area (Å²) in [5.41, 5.74) is 6.11. The van der Waals surface area contributed by atoms with Gasteiger partial charge in [-0.25, -0.2) is 0 Å². The van der Waals surface area contributed by atoms with Crippen LogP contribution in [-0.2, 0) is 0 Å². The number of para-hydroxylation sites is 1. The van der Waals surface area contributed by atoms with Crippen LogP contribution in [-0.4, -0.2) is 50.6 Å². The maximum Gasteiger partial charge on any atom is 0.124 e. The van der Waals surface area contributed by atoms with E-state index < -0.39 is 0 Å². The predicted molar refractivity (Wildman–Crippen MR) is 75.4 cm³/mol. The first-order chi connectivity index (χ1) is 8.84. The Morgan fingerprint density at radius 1 is 1.11 bits per heavy atom. The molecule has 1 aromatic rings. The highest BCUT2D eigenvalue weighted by atomic mass is 16.3. The summed E-state index contributed by atoms with van der Waals surface area (Å²) < 4.78 is 0. The number of nitrogens with one attached hydrogen (secondary N) is 2. The van der Waals surface area contributed by atoms with E-state index in [-0.39, 0.29) is 5.75 Å². The lowest BCUT2D eigenvalue weighted by atomic mass is 10.2. The van der Waals surface area contributed by atoms with E-state index in [0.717, 1.165) is 31.7 Å². The van der Waals surface area contributed by atoms with Crippen LogP contribution in [0, 0.1) is 0 Å². The fraction of sp³-hybridized carbons (Fsp3) is 0.462. The van der Waals surface area contributed by atoms with E-state index in [1.807, 2.05) is 12.1 Å². The molecular weight excluding hydrogens is 228 g/mol. The normalized spacial score (nSPS) is 11.2. The first kappa shape index (κ1) is 14.6. The van der Waals surface area contributed by atoms with Crippen molar-refractivity contribution in [3.05, 3.63) is 29.8 Å². The second-order valence-electron chi connectivity index (χ2n) is 3.88. The van der Waals surface area contributed by atoms with Gasteiger partial charge in [0.05, 0.1) is 6.54 Å². The van der Waals surface area contributed by atoms with Gasteiger partial charge in [-0.2, -0.15) is 0 Å². The molecule has 0 atom stereocenters. The summed E-state index contributed by atoms with van der Waals surface area (Å²) in [5, 5.41) is 16.0. The molecule has 0 saturated carbocycles. The van der Waals surface area contributed by atoms with Gasteiger partial charge in [0.25, 0.3) is 0 Å². The Bertz CT molecular complexity index is 355. The smallest absolute Gasteiger partial charge is 0.124 e. The molecule has 5 nitrogen and oxygen atoms in total. The largest absolute Gasteiger partial charge is 0.507 e. The van der Waals surface area contributed by atoms with E-state index in [4.69, 9.17) is 5.73 Å². The highest BCUT2D eigenvalue weighted by Crippen LogP contribution is 2.12. The van der Waals surface area contributed by atoms with Crippen molar-refractivity contribution >= 4 is 6.21 Å². The van der Waals surface area contributed by atoms with E-state index >= 15 is 0 Å². The third-order valence-corrected chi connectivity index (χ3v) is 2.38. The second kappa shape index (κ2) is 9.58. The Kier molecular flexibility index (Phi) is 7.79. The van der Waals surface area contributed by atoms with Crippen LogP contribution in [0.3, 0.4) is 0 Å². The molecule has 0 fully saturated rings. The lowest BCUT2D eigenvalue weighted by Gasteiger charge is -2.03.